The number of hydrogen-bond donors (Lipinski definition) is 2. The average molecular weight is 294 g/mol. The van der Waals surface area contributed by atoms with Gasteiger partial charge in [0.05, 0.1) is 12.6 Å². The normalized spacial score (nSPS) is 19.7. The minimum atomic E-state index is -0.346. The van der Waals surface area contributed by atoms with Crippen LogP contribution in [0.4, 0.5) is 0 Å². The number of rotatable bonds is 6. The molecule has 19 heavy (non-hydrogen) atoms. The van der Waals surface area contributed by atoms with Gasteiger partial charge in [-0.25, -0.2) is 0 Å². The van der Waals surface area contributed by atoms with Crippen molar-refractivity contribution in [1.82, 2.24) is 9.80 Å². The summed E-state index contributed by atoms with van der Waals surface area (Å²) in [5, 5.41) is 9.27. The molecule has 2 unspecified atom stereocenters. The highest BCUT2D eigenvalue weighted by molar-refractivity contribution is 5.85. The molecule has 1 aliphatic heterocycles. The van der Waals surface area contributed by atoms with Crippen LogP contribution in [0.5, 0.6) is 0 Å². The fraction of sp³-hybridized carbons (Fsp3) is 0.923. The molecule has 0 spiro atoms. The van der Waals surface area contributed by atoms with E-state index in [0.29, 0.717) is 0 Å². The van der Waals surface area contributed by atoms with E-state index in [1.54, 1.807) is 0 Å². The van der Waals surface area contributed by atoms with Gasteiger partial charge in [0.25, 0.3) is 0 Å². The fourth-order valence-corrected chi connectivity index (χ4v) is 2.48. The second-order valence-electron chi connectivity index (χ2n) is 5.00. The number of nitrogens with two attached hydrogens (primary N) is 1. The van der Waals surface area contributed by atoms with Crippen LogP contribution in [0.3, 0.4) is 0 Å². The number of amides is 1. The molecule has 5 nitrogen and oxygen atoms in total. The maximum absolute atomic E-state index is 12.0. The van der Waals surface area contributed by atoms with Crippen molar-refractivity contribution in [3.63, 3.8) is 0 Å². The summed E-state index contributed by atoms with van der Waals surface area (Å²) in [5.41, 5.74) is 5.86. The summed E-state index contributed by atoms with van der Waals surface area (Å²) < 4.78 is 0. The molecular weight excluding hydrogens is 266 g/mol. The highest BCUT2D eigenvalue weighted by atomic mass is 35.5. The van der Waals surface area contributed by atoms with Crippen molar-refractivity contribution in [1.29, 1.82) is 0 Å². The lowest BCUT2D eigenvalue weighted by atomic mass is 10.1. The molecule has 0 bridgehead atoms. The number of piperazine rings is 1. The van der Waals surface area contributed by atoms with Gasteiger partial charge in [0.15, 0.2) is 0 Å². The zero-order valence-corrected chi connectivity index (χ0v) is 12.9. The van der Waals surface area contributed by atoms with Gasteiger partial charge in [0.1, 0.15) is 0 Å². The minimum absolute atomic E-state index is 0. The monoisotopic (exact) mass is 293 g/mol. The summed E-state index contributed by atoms with van der Waals surface area (Å²) in [4.78, 5) is 16.2. The third kappa shape index (κ3) is 5.26. The van der Waals surface area contributed by atoms with Crippen LogP contribution in [0.25, 0.3) is 0 Å². The third-order valence-electron chi connectivity index (χ3n) is 3.74. The Kier molecular flexibility index (Phi) is 9.35. The summed E-state index contributed by atoms with van der Waals surface area (Å²) in [6, 6.07) is -0.118. The first-order chi connectivity index (χ1) is 8.63. The highest BCUT2D eigenvalue weighted by Gasteiger charge is 2.27. The summed E-state index contributed by atoms with van der Waals surface area (Å²) >= 11 is 0. The predicted molar refractivity (Wildman–Crippen MR) is 79.4 cm³/mol. The smallest absolute Gasteiger partial charge is 0.239 e. The number of carbonyl (C=O) groups excluding carboxylic acids is 1. The van der Waals surface area contributed by atoms with Crippen molar-refractivity contribution in [3.8, 4) is 0 Å². The summed E-state index contributed by atoms with van der Waals surface area (Å²) in [6.07, 6.45) is 2.64. The lowest BCUT2D eigenvalue weighted by Crippen LogP contribution is -2.55. The first-order valence-electron chi connectivity index (χ1n) is 7.03. The second-order valence-corrected chi connectivity index (χ2v) is 5.00. The number of hydrogen-bond acceptors (Lipinski definition) is 4. The lowest BCUT2D eigenvalue weighted by Gasteiger charge is -2.39. The molecule has 1 saturated heterocycles. The second kappa shape index (κ2) is 9.53. The SMILES string of the molecule is CCCC(N)C(=O)N1CCN(C(CC)CO)CC1.Cl. The molecule has 6 heteroatoms. The van der Waals surface area contributed by atoms with Crippen molar-refractivity contribution < 1.29 is 9.90 Å². The van der Waals surface area contributed by atoms with Crippen molar-refractivity contribution >= 4 is 18.3 Å². The number of nitrogens with zero attached hydrogens (tertiary/aromatic N) is 2. The molecule has 1 heterocycles. The number of aliphatic hydroxyl groups excluding tert-OH is 1. The third-order valence-corrected chi connectivity index (χ3v) is 3.74. The largest absolute Gasteiger partial charge is 0.395 e. The van der Waals surface area contributed by atoms with Crippen LogP contribution in [0, 0.1) is 0 Å². The Balaban J connectivity index is 0.00000324. The Morgan fingerprint density at radius 3 is 2.26 bits per heavy atom. The standard InChI is InChI=1S/C13H27N3O2.ClH/c1-3-5-12(14)13(18)16-8-6-15(7-9-16)11(4-2)10-17;/h11-12,17H,3-10,14H2,1-2H3;1H. The molecule has 1 aliphatic rings. The highest BCUT2D eigenvalue weighted by Crippen LogP contribution is 2.10. The Morgan fingerprint density at radius 2 is 1.84 bits per heavy atom. The molecule has 0 aromatic carbocycles. The van der Waals surface area contributed by atoms with E-state index in [-0.39, 0.29) is 37.0 Å². The summed E-state index contributed by atoms with van der Waals surface area (Å²) in [5.74, 6) is 0.0774. The van der Waals surface area contributed by atoms with E-state index >= 15 is 0 Å². The molecule has 0 aliphatic carbocycles. The topological polar surface area (TPSA) is 69.8 Å². The molecule has 1 amide bonds. The number of halogens is 1. The van der Waals surface area contributed by atoms with Gasteiger partial charge in [0.2, 0.25) is 5.91 Å². The zero-order valence-electron chi connectivity index (χ0n) is 12.0. The molecule has 0 aromatic rings. The van der Waals surface area contributed by atoms with E-state index in [0.717, 1.165) is 45.4 Å². The van der Waals surface area contributed by atoms with Gasteiger partial charge < -0.3 is 15.7 Å². The molecule has 0 radical (unpaired) electrons. The Labute approximate surface area is 122 Å². The van der Waals surface area contributed by atoms with E-state index in [9.17, 15) is 9.90 Å². The lowest BCUT2D eigenvalue weighted by molar-refractivity contribution is -0.135. The molecule has 0 aromatic heterocycles. The maximum atomic E-state index is 12.0. The van der Waals surface area contributed by atoms with Gasteiger partial charge in [-0.05, 0) is 12.8 Å². The Bertz CT molecular complexity index is 254. The van der Waals surface area contributed by atoms with E-state index < -0.39 is 0 Å². The zero-order chi connectivity index (χ0) is 13.5. The average Bonchev–Trinajstić information content (AvgIpc) is 2.40. The van der Waals surface area contributed by atoms with E-state index in [1.165, 1.54) is 0 Å². The molecule has 1 fully saturated rings. The van der Waals surface area contributed by atoms with E-state index in [2.05, 4.69) is 11.8 Å². The van der Waals surface area contributed by atoms with Gasteiger partial charge in [-0.1, -0.05) is 20.3 Å². The maximum Gasteiger partial charge on any atom is 0.239 e. The number of aliphatic hydroxyl groups is 1. The molecule has 3 N–H and O–H groups in total. The van der Waals surface area contributed by atoms with Gasteiger partial charge in [0, 0.05) is 32.2 Å². The Hall–Kier alpha value is -0.360. The molecule has 2 atom stereocenters. The van der Waals surface area contributed by atoms with Gasteiger partial charge in [-0.2, -0.15) is 0 Å². The van der Waals surface area contributed by atoms with Crippen LogP contribution in [-0.4, -0.2) is 65.7 Å². The number of carbonyl (C=O) groups is 1. The van der Waals surface area contributed by atoms with Gasteiger partial charge in [-0.3, -0.25) is 9.69 Å². The van der Waals surface area contributed by atoms with Crippen molar-refractivity contribution in [2.75, 3.05) is 32.8 Å². The van der Waals surface area contributed by atoms with Crippen LogP contribution in [0.15, 0.2) is 0 Å². The van der Waals surface area contributed by atoms with Crippen molar-refractivity contribution in [3.05, 3.63) is 0 Å². The van der Waals surface area contributed by atoms with Crippen LogP contribution in [0.1, 0.15) is 33.1 Å². The van der Waals surface area contributed by atoms with Crippen LogP contribution in [-0.2, 0) is 4.79 Å². The van der Waals surface area contributed by atoms with Gasteiger partial charge >= 0.3 is 0 Å². The van der Waals surface area contributed by atoms with Crippen LogP contribution in [0.2, 0.25) is 0 Å². The first-order valence-corrected chi connectivity index (χ1v) is 7.03. The quantitative estimate of drug-likeness (QED) is 0.746. The predicted octanol–water partition coefficient (Wildman–Crippen LogP) is 0.451. The molecular formula is C13H28ClN3O2. The van der Waals surface area contributed by atoms with Crippen molar-refractivity contribution in [2.45, 2.75) is 45.2 Å². The van der Waals surface area contributed by atoms with Gasteiger partial charge in [-0.15, -0.1) is 12.4 Å². The minimum Gasteiger partial charge on any atom is -0.395 e. The van der Waals surface area contributed by atoms with E-state index in [1.807, 2.05) is 11.8 Å². The molecule has 114 valence electrons. The Morgan fingerprint density at radius 1 is 1.26 bits per heavy atom. The van der Waals surface area contributed by atoms with Crippen LogP contribution < -0.4 is 5.73 Å². The van der Waals surface area contributed by atoms with Crippen molar-refractivity contribution in [2.24, 2.45) is 5.73 Å². The summed E-state index contributed by atoms with van der Waals surface area (Å²) in [6.45, 7) is 7.44. The van der Waals surface area contributed by atoms with Crippen LogP contribution >= 0.6 is 12.4 Å². The first kappa shape index (κ1) is 18.6. The van der Waals surface area contributed by atoms with E-state index in [4.69, 9.17) is 5.73 Å². The fourth-order valence-electron chi connectivity index (χ4n) is 2.48. The molecule has 0 saturated carbocycles. The molecule has 1 rings (SSSR count). The summed E-state index contributed by atoms with van der Waals surface area (Å²) in [7, 11) is 0.